The molecule has 2 atom stereocenters. The normalized spacial score (nSPS) is 29.7. The number of nitrogens with zero attached hydrogens (tertiary/aromatic N) is 1. The van der Waals surface area contributed by atoms with Gasteiger partial charge in [0.05, 0.1) is 13.2 Å². The lowest BCUT2D eigenvalue weighted by atomic mass is 9.89. The maximum atomic E-state index is 12.0. The molecule has 6 nitrogen and oxygen atoms in total. The summed E-state index contributed by atoms with van der Waals surface area (Å²) in [6.07, 6.45) is 5.77. The second-order valence-corrected chi connectivity index (χ2v) is 6.77. The summed E-state index contributed by atoms with van der Waals surface area (Å²) in [6, 6.07) is 1.25. The molecule has 3 aliphatic heterocycles. The van der Waals surface area contributed by atoms with Crippen LogP contribution in [-0.4, -0.2) is 61.6 Å². The summed E-state index contributed by atoms with van der Waals surface area (Å²) in [5.41, 5.74) is 0. The Bertz CT molecular complexity index is 403. The van der Waals surface area contributed by atoms with Crippen molar-refractivity contribution in [2.24, 2.45) is 5.92 Å². The van der Waals surface area contributed by atoms with Gasteiger partial charge in [-0.3, -0.25) is 9.59 Å². The minimum atomic E-state index is 0. The van der Waals surface area contributed by atoms with E-state index in [4.69, 9.17) is 4.74 Å². The van der Waals surface area contributed by atoms with Gasteiger partial charge in [-0.25, -0.2) is 0 Å². The van der Waals surface area contributed by atoms with Gasteiger partial charge >= 0.3 is 0 Å². The molecule has 0 spiro atoms. The van der Waals surface area contributed by atoms with E-state index < -0.39 is 0 Å². The van der Waals surface area contributed by atoms with Gasteiger partial charge in [0.25, 0.3) is 0 Å². The molecule has 3 saturated heterocycles. The number of carbonyl (C=O) groups is 2. The number of amides is 2. The van der Waals surface area contributed by atoms with Crippen molar-refractivity contribution in [3.63, 3.8) is 0 Å². The van der Waals surface area contributed by atoms with Gasteiger partial charge in [-0.15, -0.1) is 12.4 Å². The smallest absolute Gasteiger partial charge is 0.224 e. The Morgan fingerprint density at radius 3 is 2.43 bits per heavy atom. The molecule has 132 valence electrons. The van der Waals surface area contributed by atoms with E-state index in [0.717, 1.165) is 12.8 Å². The summed E-state index contributed by atoms with van der Waals surface area (Å²) in [5.74, 6) is 0.721. The minimum absolute atomic E-state index is 0. The third kappa shape index (κ3) is 5.33. The molecule has 3 fully saturated rings. The Morgan fingerprint density at radius 1 is 1.13 bits per heavy atom. The molecule has 7 heteroatoms. The van der Waals surface area contributed by atoms with Gasteiger partial charge in [-0.05, 0) is 31.6 Å². The minimum Gasteiger partial charge on any atom is -0.378 e. The highest BCUT2D eigenvalue weighted by molar-refractivity contribution is 5.85. The van der Waals surface area contributed by atoms with Crippen molar-refractivity contribution >= 4 is 24.2 Å². The van der Waals surface area contributed by atoms with Crippen molar-refractivity contribution in [2.45, 2.75) is 50.6 Å². The highest BCUT2D eigenvalue weighted by Crippen LogP contribution is 2.32. The van der Waals surface area contributed by atoms with Crippen molar-refractivity contribution in [2.75, 3.05) is 32.8 Å². The quantitative estimate of drug-likeness (QED) is 0.769. The van der Waals surface area contributed by atoms with Crippen molar-refractivity contribution in [1.29, 1.82) is 0 Å². The number of morpholine rings is 1. The molecule has 2 bridgehead atoms. The standard InChI is InChI=1S/C16H27N3O3.ClH/c20-15(11-12-9-13-1-2-14(10-12)18-13)17-4-3-16(21)19-5-7-22-8-6-19;/h12-14,18H,1-11H2,(H,17,20);1H. The molecular formula is C16H28ClN3O3. The van der Waals surface area contributed by atoms with Crippen LogP contribution >= 0.6 is 12.4 Å². The average molecular weight is 346 g/mol. The summed E-state index contributed by atoms with van der Waals surface area (Å²) < 4.78 is 5.23. The number of carbonyl (C=O) groups excluding carboxylic acids is 2. The first kappa shape index (κ1) is 18.5. The molecular weight excluding hydrogens is 318 g/mol. The first-order valence-electron chi connectivity index (χ1n) is 8.59. The molecule has 0 aromatic carbocycles. The van der Waals surface area contributed by atoms with Crippen LogP contribution in [0.25, 0.3) is 0 Å². The monoisotopic (exact) mass is 345 g/mol. The first-order valence-corrected chi connectivity index (χ1v) is 8.59. The summed E-state index contributed by atoms with van der Waals surface area (Å²) >= 11 is 0. The largest absolute Gasteiger partial charge is 0.378 e. The van der Waals surface area contributed by atoms with E-state index in [-0.39, 0.29) is 24.2 Å². The second kappa shape index (κ2) is 8.85. The van der Waals surface area contributed by atoms with Gasteiger partial charge in [0, 0.05) is 44.6 Å². The zero-order valence-electron chi connectivity index (χ0n) is 13.6. The fourth-order valence-corrected chi connectivity index (χ4v) is 3.96. The summed E-state index contributed by atoms with van der Waals surface area (Å²) in [4.78, 5) is 25.8. The van der Waals surface area contributed by atoms with Crippen LogP contribution in [0.15, 0.2) is 0 Å². The molecule has 2 N–H and O–H groups in total. The molecule has 0 radical (unpaired) electrons. The summed E-state index contributed by atoms with van der Waals surface area (Å²) in [6.45, 7) is 3.04. The van der Waals surface area contributed by atoms with Gasteiger partial charge in [0.2, 0.25) is 11.8 Å². The maximum Gasteiger partial charge on any atom is 0.224 e. The average Bonchev–Trinajstić information content (AvgIpc) is 2.87. The van der Waals surface area contributed by atoms with E-state index in [1.807, 2.05) is 4.90 Å². The Morgan fingerprint density at radius 2 is 1.78 bits per heavy atom. The van der Waals surface area contributed by atoms with Gasteiger partial charge in [0.1, 0.15) is 0 Å². The molecule has 3 rings (SSSR count). The van der Waals surface area contributed by atoms with E-state index in [1.165, 1.54) is 12.8 Å². The number of rotatable bonds is 5. The van der Waals surface area contributed by atoms with E-state index in [1.54, 1.807) is 0 Å². The molecule has 2 unspecified atom stereocenters. The lowest BCUT2D eigenvalue weighted by molar-refractivity contribution is -0.135. The van der Waals surface area contributed by atoms with Crippen molar-refractivity contribution < 1.29 is 14.3 Å². The fraction of sp³-hybridized carbons (Fsp3) is 0.875. The molecule has 0 aromatic heterocycles. The third-order valence-electron chi connectivity index (χ3n) is 5.07. The number of hydrogen-bond acceptors (Lipinski definition) is 4. The number of hydrogen-bond donors (Lipinski definition) is 2. The second-order valence-electron chi connectivity index (χ2n) is 6.77. The lowest BCUT2D eigenvalue weighted by Gasteiger charge is -2.28. The third-order valence-corrected chi connectivity index (χ3v) is 5.07. The van der Waals surface area contributed by atoms with E-state index in [0.29, 0.717) is 63.7 Å². The maximum absolute atomic E-state index is 12.0. The molecule has 0 aromatic rings. The van der Waals surface area contributed by atoms with Crippen LogP contribution in [0.3, 0.4) is 0 Å². The van der Waals surface area contributed by atoms with Crippen molar-refractivity contribution in [3.8, 4) is 0 Å². The van der Waals surface area contributed by atoms with Crippen LogP contribution in [0.2, 0.25) is 0 Å². The highest BCUT2D eigenvalue weighted by Gasteiger charge is 2.34. The predicted octanol–water partition coefficient (Wildman–Crippen LogP) is 0.694. The fourth-order valence-electron chi connectivity index (χ4n) is 3.96. The number of fused-ring (bicyclic) bond motifs is 2. The van der Waals surface area contributed by atoms with Gasteiger partial charge in [-0.2, -0.15) is 0 Å². The Balaban J connectivity index is 0.00000192. The number of halogens is 1. The molecule has 2 amide bonds. The highest BCUT2D eigenvalue weighted by atomic mass is 35.5. The van der Waals surface area contributed by atoms with E-state index in [9.17, 15) is 9.59 Å². The van der Waals surface area contributed by atoms with Gasteiger partial charge in [0.15, 0.2) is 0 Å². The molecule has 0 aliphatic carbocycles. The number of piperidine rings is 1. The molecule has 0 saturated carbocycles. The summed E-state index contributed by atoms with van der Waals surface area (Å²) in [5, 5.41) is 6.51. The van der Waals surface area contributed by atoms with Crippen LogP contribution in [0, 0.1) is 5.92 Å². The molecule has 3 heterocycles. The predicted molar refractivity (Wildman–Crippen MR) is 89.6 cm³/mol. The van der Waals surface area contributed by atoms with Crippen LogP contribution in [0.4, 0.5) is 0 Å². The van der Waals surface area contributed by atoms with Gasteiger partial charge < -0.3 is 20.3 Å². The summed E-state index contributed by atoms with van der Waals surface area (Å²) in [7, 11) is 0. The van der Waals surface area contributed by atoms with E-state index in [2.05, 4.69) is 10.6 Å². The van der Waals surface area contributed by atoms with Crippen molar-refractivity contribution in [3.05, 3.63) is 0 Å². The molecule has 23 heavy (non-hydrogen) atoms. The van der Waals surface area contributed by atoms with Crippen molar-refractivity contribution in [1.82, 2.24) is 15.5 Å². The topological polar surface area (TPSA) is 70.7 Å². The Labute approximate surface area is 144 Å². The zero-order valence-corrected chi connectivity index (χ0v) is 14.4. The number of ether oxygens (including phenoxy) is 1. The van der Waals surface area contributed by atoms with Gasteiger partial charge in [-0.1, -0.05) is 0 Å². The van der Waals surface area contributed by atoms with Crippen LogP contribution in [0.1, 0.15) is 38.5 Å². The van der Waals surface area contributed by atoms with E-state index >= 15 is 0 Å². The number of nitrogens with one attached hydrogen (secondary N) is 2. The Hall–Kier alpha value is -0.850. The Kier molecular flexibility index (Phi) is 7.11. The first-order chi connectivity index (χ1) is 10.7. The van der Waals surface area contributed by atoms with Crippen LogP contribution in [0.5, 0.6) is 0 Å². The SMILES string of the molecule is Cl.O=C(CC1CC2CCC(C1)N2)NCCC(=O)N1CCOCC1. The molecule has 3 aliphatic rings. The lowest BCUT2D eigenvalue weighted by Crippen LogP contribution is -2.42. The van der Waals surface area contributed by atoms with Crippen LogP contribution in [-0.2, 0) is 14.3 Å². The van der Waals surface area contributed by atoms with Crippen LogP contribution < -0.4 is 10.6 Å². The zero-order chi connectivity index (χ0) is 15.4.